The number of nitrogens with one attached hydrogen (secondary N) is 3. The maximum Gasteiger partial charge on any atom is 0.253 e. The molecule has 4 N–H and O–H groups in total. The molecule has 0 aliphatic carbocycles. The highest BCUT2D eigenvalue weighted by molar-refractivity contribution is 7.15. The number of hydrogen-bond donors (Lipinski definition) is 4. The number of ether oxygens (including phenoxy) is 1. The molecule has 2 heterocycles. The van der Waals surface area contributed by atoms with Gasteiger partial charge in [0.15, 0.2) is 5.13 Å². The van der Waals surface area contributed by atoms with E-state index in [4.69, 9.17) is 9.72 Å². The smallest absolute Gasteiger partial charge is 0.253 e. The van der Waals surface area contributed by atoms with Crippen LogP contribution in [0.3, 0.4) is 0 Å². The van der Waals surface area contributed by atoms with Gasteiger partial charge in [0.25, 0.3) is 5.91 Å². The Morgan fingerprint density at radius 2 is 2.09 bits per heavy atom. The Morgan fingerprint density at radius 1 is 1.26 bits per heavy atom. The summed E-state index contributed by atoms with van der Waals surface area (Å²) in [6.07, 6.45) is 0.136. The van der Waals surface area contributed by atoms with Gasteiger partial charge < -0.3 is 30.7 Å². The van der Waals surface area contributed by atoms with E-state index in [1.54, 1.807) is 44.4 Å². The minimum absolute atomic E-state index is 0.144. The minimum atomic E-state index is -0.629. The lowest BCUT2D eigenvalue weighted by atomic mass is 10.1. The van der Waals surface area contributed by atoms with Crippen molar-refractivity contribution < 1.29 is 19.0 Å². The zero-order valence-corrected chi connectivity index (χ0v) is 19.9. The van der Waals surface area contributed by atoms with Gasteiger partial charge in [-0.1, -0.05) is 29.5 Å². The van der Waals surface area contributed by atoms with E-state index in [0.29, 0.717) is 22.9 Å². The molecule has 0 bridgehead atoms. The van der Waals surface area contributed by atoms with E-state index in [-0.39, 0.29) is 24.4 Å². The summed E-state index contributed by atoms with van der Waals surface area (Å²) in [7, 11) is 1.56. The van der Waals surface area contributed by atoms with E-state index in [0.717, 1.165) is 29.2 Å². The molecule has 1 aliphatic rings. The fourth-order valence-electron chi connectivity index (χ4n) is 3.71. The normalized spacial score (nSPS) is 14.8. The van der Waals surface area contributed by atoms with Crippen LogP contribution in [0.5, 0.6) is 0 Å². The third kappa shape index (κ3) is 5.64. The van der Waals surface area contributed by atoms with Crippen molar-refractivity contribution >= 4 is 33.8 Å². The Morgan fingerprint density at radius 3 is 2.85 bits per heavy atom. The number of aliphatic hydroxyl groups is 1. The van der Waals surface area contributed by atoms with Crippen LogP contribution in [0.15, 0.2) is 48.5 Å². The van der Waals surface area contributed by atoms with Crippen LogP contribution in [0.1, 0.15) is 27.9 Å². The number of nitrogens with zero attached hydrogens (tertiary/aromatic N) is 2. The third-order valence-corrected chi connectivity index (χ3v) is 6.52. The Labute approximate surface area is 201 Å². The second-order valence-electron chi connectivity index (χ2n) is 8.05. The molecule has 180 valence electrons. The molecule has 1 unspecified atom stereocenters. The summed E-state index contributed by atoms with van der Waals surface area (Å²) < 4.78 is 19.2. The lowest BCUT2D eigenvalue weighted by Gasteiger charge is -2.28. The summed E-state index contributed by atoms with van der Waals surface area (Å²) >= 11 is 1.53. The van der Waals surface area contributed by atoms with E-state index in [1.807, 2.05) is 12.1 Å². The molecule has 2 atom stereocenters. The first-order valence-electron chi connectivity index (χ1n) is 11.0. The number of amides is 1. The van der Waals surface area contributed by atoms with Gasteiger partial charge in [0.1, 0.15) is 5.82 Å². The monoisotopic (exact) mass is 485 g/mol. The standard InChI is InChI=1S/C24H28FN5O3S/c1-15(14-31)26-22(32)18-8-3-4-9-19(18)27-23(33-2)29-24-28-20-10-11-30(13-21(20)34-24)17-7-5-6-16(25)12-17/h3-9,12,15,23,27,31H,10-11,13-14H2,1-2H3,(H,26,32)(H,28,29)/t15?,23-/m0/s1. The van der Waals surface area contributed by atoms with Crippen molar-refractivity contribution in [2.75, 3.05) is 35.8 Å². The molecule has 1 aliphatic heterocycles. The molecule has 1 aromatic heterocycles. The van der Waals surface area contributed by atoms with E-state index in [9.17, 15) is 14.3 Å². The number of aliphatic hydroxyl groups excluding tert-OH is 1. The molecular weight excluding hydrogens is 457 g/mol. The second kappa shape index (κ2) is 10.8. The van der Waals surface area contributed by atoms with Crippen molar-refractivity contribution in [2.45, 2.75) is 32.3 Å². The highest BCUT2D eigenvalue weighted by Gasteiger charge is 2.23. The number of para-hydroxylation sites is 1. The molecule has 2 aromatic carbocycles. The molecule has 34 heavy (non-hydrogen) atoms. The summed E-state index contributed by atoms with van der Waals surface area (Å²) in [5, 5.41) is 19.1. The predicted octanol–water partition coefficient (Wildman–Crippen LogP) is 3.41. The molecule has 0 fully saturated rings. The Hall–Kier alpha value is -3.21. The SMILES string of the molecule is CO[C@H](Nc1nc2c(s1)CN(c1cccc(F)c1)CC2)Nc1ccccc1C(=O)NC(C)CO. The van der Waals surface area contributed by atoms with Gasteiger partial charge in [-0.05, 0) is 37.3 Å². The Kier molecular flexibility index (Phi) is 7.61. The second-order valence-corrected chi connectivity index (χ2v) is 9.13. The quantitative estimate of drug-likeness (QED) is 0.345. The average Bonchev–Trinajstić information content (AvgIpc) is 3.25. The maximum absolute atomic E-state index is 13.6. The van der Waals surface area contributed by atoms with Gasteiger partial charge in [-0.25, -0.2) is 9.37 Å². The summed E-state index contributed by atoms with van der Waals surface area (Å²) in [5.41, 5.74) is 2.90. The topological polar surface area (TPSA) is 98.8 Å². The number of methoxy groups -OCH3 is 1. The molecule has 0 saturated heterocycles. The number of carbonyl (C=O) groups is 1. The molecule has 0 saturated carbocycles. The van der Waals surface area contributed by atoms with E-state index >= 15 is 0 Å². The Balaban J connectivity index is 1.44. The minimum Gasteiger partial charge on any atom is -0.394 e. The van der Waals surface area contributed by atoms with Gasteiger partial charge in [0.2, 0.25) is 6.35 Å². The van der Waals surface area contributed by atoms with Gasteiger partial charge in [-0.2, -0.15) is 0 Å². The van der Waals surface area contributed by atoms with Crippen molar-refractivity contribution in [1.82, 2.24) is 10.3 Å². The van der Waals surface area contributed by atoms with Crippen LogP contribution in [0, 0.1) is 5.82 Å². The van der Waals surface area contributed by atoms with Crippen LogP contribution >= 0.6 is 11.3 Å². The van der Waals surface area contributed by atoms with E-state index < -0.39 is 6.35 Å². The molecule has 0 radical (unpaired) electrons. The highest BCUT2D eigenvalue weighted by atomic mass is 32.1. The average molecular weight is 486 g/mol. The first-order chi connectivity index (χ1) is 16.5. The molecule has 8 nitrogen and oxygen atoms in total. The number of benzene rings is 2. The molecule has 10 heteroatoms. The van der Waals surface area contributed by atoms with Crippen LogP contribution in [-0.2, 0) is 17.7 Å². The summed E-state index contributed by atoms with van der Waals surface area (Å²) in [6, 6.07) is 13.4. The Bertz CT molecular complexity index is 1140. The van der Waals surface area contributed by atoms with Crippen molar-refractivity contribution in [2.24, 2.45) is 0 Å². The summed E-state index contributed by atoms with van der Waals surface area (Å²) in [6.45, 7) is 3.01. The number of anilines is 3. The third-order valence-electron chi connectivity index (χ3n) is 5.50. The molecule has 4 rings (SSSR count). The first-order valence-corrected chi connectivity index (χ1v) is 11.8. The van der Waals surface area contributed by atoms with Crippen molar-refractivity contribution in [3.8, 4) is 0 Å². The fraction of sp³-hybridized carbons (Fsp3) is 0.333. The van der Waals surface area contributed by atoms with Crippen molar-refractivity contribution in [3.63, 3.8) is 0 Å². The summed E-state index contributed by atoms with van der Waals surface area (Å²) in [4.78, 5) is 20.6. The first kappa shape index (κ1) is 23.9. The van der Waals surface area contributed by atoms with Gasteiger partial charge >= 0.3 is 0 Å². The zero-order valence-electron chi connectivity index (χ0n) is 19.0. The maximum atomic E-state index is 13.6. The lowest BCUT2D eigenvalue weighted by Crippen LogP contribution is -2.36. The van der Waals surface area contributed by atoms with Crippen LogP contribution in [0.25, 0.3) is 0 Å². The number of rotatable bonds is 9. The van der Waals surface area contributed by atoms with Crippen LogP contribution < -0.4 is 20.9 Å². The van der Waals surface area contributed by atoms with E-state index in [1.165, 1.54) is 17.4 Å². The largest absolute Gasteiger partial charge is 0.394 e. The molecule has 1 amide bonds. The summed E-state index contributed by atoms with van der Waals surface area (Å²) in [5.74, 6) is -0.537. The number of halogens is 1. The number of hydrogen-bond acceptors (Lipinski definition) is 8. The van der Waals surface area contributed by atoms with E-state index in [2.05, 4.69) is 20.9 Å². The number of aromatic nitrogens is 1. The van der Waals surface area contributed by atoms with Gasteiger partial charge in [0, 0.05) is 36.7 Å². The number of carbonyl (C=O) groups excluding carboxylic acids is 1. The molecule has 3 aromatic rings. The fourth-order valence-corrected chi connectivity index (χ4v) is 4.75. The number of thiazole rings is 1. The predicted molar refractivity (Wildman–Crippen MR) is 132 cm³/mol. The van der Waals surface area contributed by atoms with Crippen LogP contribution in [0.4, 0.5) is 20.9 Å². The van der Waals surface area contributed by atoms with Crippen LogP contribution in [-0.4, -0.2) is 48.7 Å². The van der Waals surface area contributed by atoms with Crippen molar-refractivity contribution in [1.29, 1.82) is 0 Å². The van der Waals surface area contributed by atoms with Gasteiger partial charge in [0.05, 0.1) is 30.1 Å². The lowest BCUT2D eigenvalue weighted by molar-refractivity contribution is 0.0922. The van der Waals surface area contributed by atoms with Crippen molar-refractivity contribution in [3.05, 3.63) is 70.5 Å². The van der Waals surface area contributed by atoms with Gasteiger partial charge in [-0.3, -0.25) is 4.79 Å². The molecule has 0 spiro atoms. The number of fused-ring (bicyclic) bond motifs is 1. The molecular formula is C24H28FN5O3S. The van der Waals surface area contributed by atoms with Crippen LogP contribution in [0.2, 0.25) is 0 Å². The van der Waals surface area contributed by atoms with Gasteiger partial charge in [-0.15, -0.1) is 0 Å². The zero-order chi connectivity index (χ0) is 24.1. The highest BCUT2D eigenvalue weighted by Crippen LogP contribution is 2.31.